The van der Waals surface area contributed by atoms with Gasteiger partial charge in [-0.1, -0.05) is 50.1 Å². The van der Waals surface area contributed by atoms with Crippen molar-refractivity contribution in [2.75, 3.05) is 7.11 Å². The van der Waals surface area contributed by atoms with E-state index in [1.54, 1.807) is 7.11 Å². The number of halogens is 1. The number of unbranched alkanes of at least 4 members (excludes halogenated alkanes) is 2. The quantitative estimate of drug-likeness (QED) is 0.279. The normalized spacial score (nSPS) is 11.5. The van der Waals surface area contributed by atoms with Crippen molar-refractivity contribution in [1.29, 1.82) is 0 Å². The van der Waals surface area contributed by atoms with Crippen molar-refractivity contribution in [1.82, 2.24) is 19.1 Å². The molecule has 2 aromatic carbocycles. The molecule has 8 heteroatoms. The Morgan fingerprint density at radius 3 is 2.53 bits per heavy atom. The van der Waals surface area contributed by atoms with E-state index in [0.29, 0.717) is 19.5 Å². The first-order chi connectivity index (χ1) is 15.5. The standard InChI is InChI=1S/C24H27ClN4O3/c1-3-4-5-14-28-21-20(26-23(25)27-21)22(30)29(24(28)31)15-8-10-16-9-6-12-18-17(16)11-7-13-19(18)32-2/h6-7,9,11-13,30H,3-5,8,10,14-15H2,1-2H3/p-1. The van der Waals surface area contributed by atoms with E-state index in [0.717, 1.165) is 47.8 Å². The van der Waals surface area contributed by atoms with Crippen LogP contribution in [-0.4, -0.2) is 26.2 Å². The van der Waals surface area contributed by atoms with Crippen molar-refractivity contribution < 1.29 is 9.84 Å². The predicted octanol–water partition coefficient (Wildman–Crippen LogP) is 4.26. The van der Waals surface area contributed by atoms with Crippen LogP contribution in [0.25, 0.3) is 22.3 Å². The number of ether oxygens (including phenoxy) is 1. The van der Waals surface area contributed by atoms with Gasteiger partial charge in [-0.2, -0.15) is 4.98 Å². The van der Waals surface area contributed by atoms with Crippen molar-refractivity contribution in [2.24, 2.45) is 0 Å². The highest BCUT2D eigenvalue weighted by atomic mass is 35.5. The third kappa shape index (κ3) is 4.17. The molecule has 0 radical (unpaired) electrons. The molecule has 2 aliphatic rings. The minimum atomic E-state index is -0.435. The van der Waals surface area contributed by atoms with Crippen molar-refractivity contribution in [3.8, 4) is 23.1 Å². The second-order valence-corrected chi connectivity index (χ2v) is 8.18. The van der Waals surface area contributed by atoms with Gasteiger partial charge < -0.3 is 14.4 Å². The first-order valence-electron chi connectivity index (χ1n) is 10.9. The summed E-state index contributed by atoms with van der Waals surface area (Å²) in [6, 6.07) is 12.1. The van der Waals surface area contributed by atoms with Gasteiger partial charge in [0, 0.05) is 18.5 Å². The number of aryl methyl sites for hydroxylation is 1. The zero-order chi connectivity index (χ0) is 22.7. The molecular formula is C24H26ClN4O3-. The minimum absolute atomic E-state index is 0.0109. The van der Waals surface area contributed by atoms with Crippen LogP contribution in [0.15, 0.2) is 41.2 Å². The number of hydrogen-bond acceptors (Lipinski definition) is 5. The highest BCUT2D eigenvalue weighted by Gasteiger charge is 2.20. The molecule has 32 heavy (non-hydrogen) atoms. The highest BCUT2D eigenvalue weighted by Crippen LogP contribution is 2.29. The molecule has 0 aliphatic carbocycles. The summed E-state index contributed by atoms with van der Waals surface area (Å²) in [6.07, 6.45) is 4.19. The van der Waals surface area contributed by atoms with E-state index < -0.39 is 5.88 Å². The fraction of sp³-hybridized carbons (Fsp3) is 0.375. The Morgan fingerprint density at radius 1 is 1.00 bits per heavy atom. The summed E-state index contributed by atoms with van der Waals surface area (Å²) in [7, 11) is 1.66. The largest absolute Gasteiger partial charge is 0.858 e. The smallest absolute Gasteiger partial charge is 0.329 e. The predicted molar refractivity (Wildman–Crippen MR) is 124 cm³/mol. The van der Waals surface area contributed by atoms with Crippen molar-refractivity contribution in [3.63, 3.8) is 0 Å². The average molecular weight is 454 g/mol. The minimum Gasteiger partial charge on any atom is -0.858 e. The molecule has 0 amide bonds. The second-order valence-electron chi connectivity index (χ2n) is 7.84. The Bertz CT molecular complexity index is 1260. The molecule has 0 fully saturated rings. The number of fused-ring (bicyclic) bond motifs is 2. The van der Waals surface area contributed by atoms with E-state index in [-0.39, 0.29) is 22.5 Å². The monoisotopic (exact) mass is 453 g/mol. The molecule has 0 spiro atoms. The van der Waals surface area contributed by atoms with E-state index >= 15 is 0 Å². The SMILES string of the molecule is CCCCCn1c2nc(Cl)nc-2c([O-])n(CCCc2cccc3c(OC)cccc23)c1=O. The molecule has 0 bridgehead atoms. The molecule has 2 heterocycles. The Labute approximate surface area is 191 Å². The summed E-state index contributed by atoms with van der Waals surface area (Å²) >= 11 is 5.96. The van der Waals surface area contributed by atoms with Gasteiger partial charge in [0.25, 0.3) is 0 Å². The van der Waals surface area contributed by atoms with Gasteiger partial charge >= 0.3 is 5.69 Å². The molecule has 7 nitrogen and oxygen atoms in total. The Kier molecular flexibility index (Phi) is 6.65. The van der Waals surface area contributed by atoms with Crippen molar-refractivity contribution in [3.05, 3.63) is 57.7 Å². The molecular weight excluding hydrogens is 428 g/mol. The number of methoxy groups -OCH3 is 1. The number of hydrogen-bond donors (Lipinski definition) is 0. The highest BCUT2D eigenvalue weighted by molar-refractivity contribution is 6.28. The van der Waals surface area contributed by atoms with E-state index in [4.69, 9.17) is 16.3 Å². The molecule has 2 aromatic rings. The van der Waals surface area contributed by atoms with Crippen LogP contribution in [0, 0.1) is 0 Å². The maximum atomic E-state index is 13.1. The van der Waals surface area contributed by atoms with E-state index in [2.05, 4.69) is 29.0 Å². The maximum absolute atomic E-state index is 13.1. The molecule has 4 rings (SSSR count). The van der Waals surface area contributed by atoms with Gasteiger partial charge in [0.2, 0.25) is 5.28 Å². The fourth-order valence-electron chi connectivity index (χ4n) is 4.18. The maximum Gasteiger partial charge on any atom is 0.329 e. The number of aromatic nitrogens is 4. The summed E-state index contributed by atoms with van der Waals surface area (Å²) in [4.78, 5) is 21.3. The van der Waals surface area contributed by atoms with Gasteiger partial charge in [-0.25, -0.2) is 9.78 Å². The molecule has 0 aromatic heterocycles. The number of benzene rings is 2. The fourth-order valence-corrected chi connectivity index (χ4v) is 4.34. The first kappa shape index (κ1) is 22.1. The van der Waals surface area contributed by atoms with Crippen LogP contribution in [-0.2, 0) is 19.5 Å². The molecule has 0 saturated carbocycles. The lowest BCUT2D eigenvalue weighted by Gasteiger charge is -2.22. The van der Waals surface area contributed by atoms with Gasteiger partial charge in [-0.15, -0.1) is 0 Å². The van der Waals surface area contributed by atoms with Gasteiger partial charge in [-0.05, 0) is 53.8 Å². The van der Waals surface area contributed by atoms with Crippen LogP contribution in [0.1, 0.15) is 38.2 Å². The van der Waals surface area contributed by atoms with Crippen LogP contribution in [0.5, 0.6) is 11.6 Å². The molecule has 0 unspecified atom stereocenters. The summed E-state index contributed by atoms with van der Waals surface area (Å²) < 4.78 is 8.28. The Hall–Kier alpha value is -3.06. The van der Waals surface area contributed by atoms with Crippen LogP contribution >= 0.6 is 11.6 Å². The summed E-state index contributed by atoms with van der Waals surface area (Å²) in [5.74, 6) is 0.668. The van der Waals surface area contributed by atoms with E-state index in [9.17, 15) is 9.90 Å². The first-order valence-corrected chi connectivity index (χ1v) is 11.3. The molecule has 2 aliphatic heterocycles. The Balaban J connectivity index is 1.62. The second kappa shape index (κ2) is 9.61. The summed E-state index contributed by atoms with van der Waals surface area (Å²) in [5, 5.41) is 15.1. The number of rotatable bonds is 9. The van der Waals surface area contributed by atoms with Crippen LogP contribution in [0.4, 0.5) is 0 Å². The number of imidazole rings is 1. The topological polar surface area (TPSA) is 85.0 Å². The van der Waals surface area contributed by atoms with E-state index in [1.165, 1.54) is 9.13 Å². The lowest BCUT2D eigenvalue weighted by molar-refractivity contribution is -0.279. The van der Waals surface area contributed by atoms with Crippen LogP contribution in [0.3, 0.4) is 0 Å². The third-order valence-electron chi connectivity index (χ3n) is 5.78. The lowest BCUT2D eigenvalue weighted by Crippen LogP contribution is -2.35. The van der Waals surface area contributed by atoms with Gasteiger partial charge in [0.05, 0.1) is 7.11 Å². The van der Waals surface area contributed by atoms with Crippen LogP contribution in [0.2, 0.25) is 5.28 Å². The van der Waals surface area contributed by atoms with Crippen molar-refractivity contribution in [2.45, 2.75) is 52.1 Å². The van der Waals surface area contributed by atoms with Crippen molar-refractivity contribution >= 4 is 22.4 Å². The van der Waals surface area contributed by atoms with Gasteiger partial charge in [0.1, 0.15) is 11.4 Å². The molecule has 168 valence electrons. The molecule has 0 atom stereocenters. The zero-order valence-corrected chi connectivity index (χ0v) is 19.1. The number of nitrogens with zero attached hydrogens (tertiary/aromatic N) is 4. The van der Waals surface area contributed by atoms with Gasteiger partial charge in [-0.3, -0.25) is 4.57 Å². The lowest BCUT2D eigenvalue weighted by atomic mass is 10.0. The average Bonchev–Trinajstić information content (AvgIpc) is 3.19. The Morgan fingerprint density at radius 2 is 1.75 bits per heavy atom. The van der Waals surface area contributed by atoms with Gasteiger partial charge in [0.15, 0.2) is 5.82 Å². The summed E-state index contributed by atoms with van der Waals surface area (Å²) in [5.41, 5.74) is 0.950. The molecule has 0 N–H and O–H groups in total. The summed E-state index contributed by atoms with van der Waals surface area (Å²) in [6.45, 7) is 2.88. The third-order valence-corrected chi connectivity index (χ3v) is 5.95. The molecule has 0 saturated heterocycles. The zero-order valence-electron chi connectivity index (χ0n) is 18.3. The van der Waals surface area contributed by atoms with E-state index in [1.807, 2.05) is 24.3 Å². The van der Waals surface area contributed by atoms with Crippen LogP contribution < -0.4 is 15.5 Å².